The Balaban J connectivity index is 1.40. The van der Waals surface area contributed by atoms with E-state index in [9.17, 15) is 9.90 Å². The van der Waals surface area contributed by atoms with Crippen LogP contribution < -0.4 is 4.90 Å². The summed E-state index contributed by atoms with van der Waals surface area (Å²) in [5, 5.41) is 20.0. The fourth-order valence-electron chi connectivity index (χ4n) is 3.74. The number of cyclic esters (lactones) is 1. The zero-order valence-electron chi connectivity index (χ0n) is 18.1. The van der Waals surface area contributed by atoms with E-state index in [-0.39, 0.29) is 11.4 Å². The third kappa shape index (κ3) is 4.06. The number of anilines is 1. The molecule has 0 fully saturated rings. The second kappa shape index (κ2) is 8.23. The number of phenolic OH excluding ortho intramolecular Hbond substituents is 1. The van der Waals surface area contributed by atoms with Crippen molar-refractivity contribution < 1.29 is 14.6 Å². The summed E-state index contributed by atoms with van der Waals surface area (Å²) < 4.78 is 4.70. The van der Waals surface area contributed by atoms with Gasteiger partial charge in [-0.25, -0.2) is 9.79 Å². The zero-order valence-corrected chi connectivity index (χ0v) is 18.1. The third-order valence-corrected chi connectivity index (χ3v) is 5.42. The number of benzene rings is 3. The Hall–Kier alpha value is -4.46. The number of aryl methyl sites for hydroxylation is 1. The van der Waals surface area contributed by atoms with E-state index in [0.29, 0.717) is 12.2 Å². The molecule has 0 bridgehead atoms. The maximum absolute atomic E-state index is 11.5. The molecule has 5 rings (SSSR count). The van der Waals surface area contributed by atoms with Crippen LogP contribution in [0, 0.1) is 6.92 Å². The van der Waals surface area contributed by atoms with Gasteiger partial charge < -0.3 is 14.7 Å². The number of phenols is 1. The Kier molecular flexibility index (Phi) is 5.10. The molecule has 0 saturated carbocycles. The van der Waals surface area contributed by atoms with Crippen LogP contribution in [0.3, 0.4) is 0 Å². The van der Waals surface area contributed by atoms with E-state index in [1.165, 1.54) is 4.80 Å². The number of hydrogen-bond donors (Lipinski definition) is 1. The van der Waals surface area contributed by atoms with Crippen LogP contribution in [0.5, 0.6) is 5.75 Å². The predicted molar refractivity (Wildman–Crippen MR) is 126 cm³/mol. The molecule has 0 amide bonds. The largest absolute Gasteiger partial charge is 0.505 e. The van der Waals surface area contributed by atoms with Gasteiger partial charge in [-0.15, -0.1) is 15.0 Å². The molecule has 0 unspecified atom stereocenters. The minimum absolute atomic E-state index is 0.145. The molecule has 0 radical (unpaired) electrons. The summed E-state index contributed by atoms with van der Waals surface area (Å²) in [4.78, 5) is 19.0. The lowest BCUT2D eigenvalue weighted by Crippen LogP contribution is -2.17. The van der Waals surface area contributed by atoms with Crippen molar-refractivity contribution >= 4 is 35.2 Å². The normalized spacial score (nSPS) is 14.2. The van der Waals surface area contributed by atoms with Gasteiger partial charge in [0.1, 0.15) is 22.5 Å². The minimum Gasteiger partial charge on any atom is -0.505 e. The number of nitrogens with zero attached hydrogens (tertiary/aromatic N) is 5. The van der Waals surface area contributed by atoms with Crippen LogP contribution in [-0.2, 0) is 16.1 Å². The quantitative estimate of drug-likeness (QED) is 0.373. The molecule has 1 N–H and O–H groups in total. The number of aromatic nitrogens is 3. The van der Waals surface area contributed by atoms with E-state index in [1.54, 1.807) is 6.08 Å². The summed E-state index contributed by atoms with van der Waals surface area (Å²) >= 11 is 0. The van der Waals surface area contributed by atoms with Crippen molar-refractivity contribution in [1.29, 1.82) is 0 Å². The zero-order chi connectivity index (χ0) is 22.9. The van der Waals surface area contributed by atoms with Gasteiger partial charge in [-0.05, 0) is 54.5 Å². The molecule has 0 aliphatic carbocycles. The van der Waals surface area contributed by atoms with E-state index in [2.05, 4.69) is 15.2 Å². The molecule has 2 heterocycles. The summed E-state index contributed by atoms with van der Waals surface area (Å²) in [6.07, 6.45) is 2.82. The highest BCUT2D eigenvalue weighted by Crippen LogP contribution is 2.30. The smallest absolute Gasteiger partial charge is 0.363 e. The number of carbonyl (C=O) groups excluding carboxylic acids is 1. The third-order valence-electron chi connectivity index (χ3n) is 5.42. The minimum atomic E-state index is -0.457. The van der Waals surface area contributed by atoms with E-state index in [0.717, 1.165) is 39.8 Å². The van der Waals surface area contributed by atoms with Crippen molar-refractivity contribution in [2.75, 3.05) is 11.9 Å². The molecule has 164 valence electrons. The van der Waals surface area contributed by atoms with Gasteiger partial charge >= 0.3 is 5.97 Å². The summed E-state index contributed by atoms with van der Waals surface area (Å²) in [5.74, 6) is -0.312. The van der Waals surface area contributed by atoms with Gasteiger partial charge in [0.05, 0.1) is 0 Å². The maximum atomic E-state index is 11.5. The lowest BCUT2D eigenvalue weighted by Gasteiger charge is -2.21. The molecule has 4 aromatic rings. The van der Waals surface area contributed by atoms with Crippen LogP contribution in [0.2, 0.25) is 0 Å². The first kappa shape index (κ1) is 20.4. The molecule has 8 nitrogen and oxygen atoms in total. The molecule has 1 aliphatic rings. The first-order valence-corrected chi connectivity index (χ1v) is 10.4. The second-order valence-corrected chi connectivity index (χ2v) is 7.89. The highest BCUT2D eigenvalue weighted by molar-refractivity contribution is 6.01. The van der Waals surface area contributed by atoms with Crippen LogP contribution >= 0.6 is 0 Å². The van der Waals surface area contributed by atoms with Crippen molar-refractivity contribution in [2.45, 2.75) is 13.5 Å². The average Bonchev–Trinajstić information content (AvgIpc) is 3.42. The van der Waals surface area contributed by atoms with Gasteiger partial charge in [-0.1, -0.05) is 30.3 Å². The molecule has 0 spiro atoms. The predicted octanol–water partition coefficient (Wildman–Crippen LogP) is 4.00. The fraction of sp³-hybridized carbons (Fsp3) is 0.120. The van der Waals surface area contributed by atoms with E-state index in [1.807, 2.05) is 79.5 Å². The van der Waals surface area contributed by atoms with Gasteiger partial charge in [0.25, 0.3) is 0 Å². The number of rotatable bonds is 5. The van der Waals surface area contributed by atoms with Gasteiger partial charge in [-0.3, -0.25) is 0 Å². The summed E-state index contributed by atoms with van der Waals surface area (Å²) in [6, 6.07) is 19.1. The molecule has 33 heavy (non-hydrogen) atoms. The van der Waals surface area contributed by atoms with Crippen LogP contribution in [0.4, 0.5) is 5.69 Å². The SMILES string of the molecule is Cc1cc(CN(C)c2ccc(C=C3N=COC3=O)cc2)c(O)c(-n2nc3ccccc3n2)c1. The molecular weight excluding hydrogens is 418 g/mol. The summed E-state index contributed by atoms with van der Waals surface area (Å²) in [6.45, 7) is 2.47. The molecule has 0 atom stereocenters. The Morgan fingerprint density at radius 3 is 2.39 bits per heavy atom. The Morgan fingerprint density at radius 1 is 1.06 bits per heavy atom. The van der Waals surface area contributed by atoms with Crippen molar-refractivity contribution in [3.63, 3.8) is 0 Å². The number of aliphatic imine (C=N–C) groups is 1. The fourth-order valence-corrected chi connectivity index (χ4v) is 3.74. The van der Waals surface area contributed by atoms with Gasteiger partial charge in [0, 0.05) is 24.8 Å². The number of aromatic hydroxyl groups is 1. The Bertz CT molecular complexity index is 1390. The highest BCUT2D eigenvalue weighted by atomic mass is 16.5. The summed E-state index contributed by atoms with van der Waals surface area (Å²) in [5.41, 5.74) is 5.92. The highest BCUT2D eigenvalue weighted by Gasteiger charge is 2.16. The molecule has 8 heteroatoms. The number of ether oxygens (including phenoxy) is 1. The second-order valence-electron chi connectivity index (χ2n) is 7.89. The molecule has 1 aromatic heterocycles. The number of esters is 1. The lowest BCUT2D eigenvalue weighted by molar-refractivity contribution is -0.129. The monoisotopic (exact) mass is 439 g/mol. The number of fused-ring (bicyclic) bond motifs is 1. The van der Waals surface area contributed by atoms with Gasteiger partial charge in [0.15, 0.2) is 12.1 Å². The van der Waals surface area contributed by atoms with Crippen molar-refractivity contribution in [3.05, 3.63) is 83.1 Å². The van der Waals surface area contributed by atoms with Crippen molar-refractivity contribution in [2.24, 2.45) is 4.99 Å². The first-order valence-electron chi connectivity index (χ1n) is 10.4. The van der Waals surface area contributed by atoms with Crippen molar-refractivity contribution in [1.82, 2.24) is 15.0 Å². The van der Waals surface area contributed by atoms with E-state index in [4.69, 9.17) is 4.74 Å². The Morgan fingerprint density at radius 2 is 1.76 bits per heavy atom. The molecular formula is C25H21N5O3. The van der Waals surface area contributed by atoms with E-state index < -0.39 is 5.97 Å². The van der Waals surface area contributed by atoms with Crippen LogP contribution in [0.1, 0.15) is 16.7 Å². The first-order chi connectivity index (χ1) is 16.0. The average molecular weight is 439 g/mol. The van der Waals surface area contributed by atoms with Gasteiger partial charge in [-0.2, -0.15) is 0 Å². The number of hydrogen-bond acceptors (Lipinski definition) is 7. The van der Waals surface area contributed by atoms with Crippen LogP contribution in [0.25, 0.3) is 22.8 Å². The Labute approximate surface area is 190 Å². The molecule has 0 saturated heterocycles. The lowest BCUT2D eigenvalue weighted by atomic mass is 10.1. The standard InChI is InChI=1S/C25H21N5O3/c1-16-11-18(24(31)23(12-16)30-27-20-5-3-4-6-21(20)28-30)14-29(2)19-9-7-17(8-10-19)13-22-25(32)33-15-26-22/h3-13,15,31H,14H2,1-2H3. The van der Waals surface area contributed by atoms with Gasteiger partial charge in [0.2, 0.25) is 0 Å². The molecule has 1 aliphatic heterocycles. The van der Waals surface area contributed by atoms with Crippen LogP contribution in [0.15, 0.2) is 71.4 Å². The maximum Gasteiger partial charge on any atom is 0.363 e. The topological polar surface area (TPSA) is 92.8 Å². The van der Waals surface area contributed by atoms with Crippen LogP contribution in [-0.4, -0.2) is 39.5 Å². The summed E-state index contributed by atoms with van der Waals surface area (Å²) in [7, 11) is 1.95. The van der Waals surface area contributed by atoms with Crippen molar-refractivity contribution in [3.8, 4) is 11.4 Å². The molecule has 3 aromatic carbocycles. The number of carbonyl (C=O) groups is 1. The van der Waals surface area contributed by atoms with E-state index >= 15 is 0 Å².